The van der Waals surface area contributed by atoms with Crippen LogP contribution in [0.1, 0.15) is 21.5 Å². The fraction of sp³-hybridized carbons (Fsp3) is 0.235. The molecule has 108 valence electrons. The van der Waals surface area contributed by atoms with Crippen molar-refractivity contribution in [3.05, 3.63) is 59.2 Å². The van der Waals surface area contributed by atoms with Crippen LogP contribution in [-0.2, 0) is 13.0 Å². The summed E-state index contributed by atoms with van der Waals surface area (Å²) in [5.41, 5.74) is 3.91. The minimum absolute atomic E-state index is 0.139. The van der Waals surface area contributed by atoms with E-state index in [1.165, 1.54) is 11.1 Å². The van der Waals surface area contributed by atoms with Gasteiger partial charge in [-0.3, -0.25) is 4.79 Å². The third-order valence-corrected chi connectivity index (χ3v) is 3.74. The summed E-state index contributed by atoms with van der Waals surface area (Å²) in [7, 11) is 1.57. The topological polar surface area (TPSA) is 50.4 Å². The van der Waals surface area contributed by atoms with Gasteiger partial charge in [0.25, 0.3) is 5.91 Å². The molecule has 21 heavy (non-hydrogen) atoms. The van der Waals surface area contributed by atoms with E-state index in [-0.39, 0.29) is 5.91 Å². The van der Waals surface area contributed by atoms with Gasteiger partial charge in [0.05, 0.1) is 12.7 Å². The number of amides is 1. The van der Waals surface area contributed by atoms with E-state index in [1.807, 2.05) is 24.3 Å². The molecule has 1 aliphatic rings. The minimum atomic E-state index is -0.139. The molecular weight excluding hydrogens is 264 g/mol. The Morgan fingerprint density at radius 1 is 1.19 bits per heavy atom. The third kappa shape index (κ3) is 2.76. The summed E-state index contributed by atoms with van der Waals surface area (Å²) in [5.74, 6) is 0.445. The highest BCUT2D eigenvalue weighted by Gasteiger charge is 2.16. The second-order valence-corrected chi connectivity index (χ2v) is 5.02. The number of fused-ring (bicyclic) bond motifs is 1. The summed E-state index contributed by atoms with van der Waals surface area (Å²) in [6.45, 7) is 1.79. The van der Waals surface area contributed by atoms with E-state index in [0.29, 0.717) is 11.3 Å². The number of carbonyl (C=O) groups excluding carboxylic acids is 1. The molecule has 0 radical (unpaired) electrons. The normalized spacial score (nSPS) is 13.4. The van der Waals surface area contributed by atoms with Crippen LogP contribution in [0.4, 0.5) is 5.69 Å². The number of hydrogen-bond acceptors (Lipinski definition) is 3. The van der Waals surface area contributed by atoms with E-state index in [2.05, 4.69) is 16.7 Å². The van der Waals surface area contributed by atoms with Gasteiger partial charge in [-0.05, 0) is 42.3 Å². The molecule has 0 unspecified atom stereocenters. The van der Waals surface area contributed by atoms with Crippen LogP contribution < -0.4 is 15.4 Å². The zero-order valence-corrected chi connectivity index (χ0v) is 12.0. The standard InChI is InChI=1S/C17H18N2O2/c1-21-16-8-3-2-6-14(16)17(20)19-15-7-4-5-12-11-18-10-9-13(12)15/h2-8,18H,9-11H2,1H3,(H,19,20). The van der Waals surface area contributed by atoms with Crippen LogP contribution in [0.25, 0.3) is 0 Å². The molecule has 0 bridgehead atoms. The van der Waals surface area contributed by atoms with Crippen LogP contribution in [0.2, 0.25) is 0 Å². The van der Waals surface area contributed by atoms with Gasteiger partial charge in [-0.1, -0.05) is 24.3 Å². The maximum atomic E-state index is 12.5. The first kappa shape index (κ1) is 13.6. The van der Waals surface area contributed by atoms with Crippen molar-refractivity contribution in [2.45, 2.75) is 13.0 Å². The molecule has 0 atom stereocenters. The van der Waals surface area contributed by atoms with Crippen LogP contribution >= 0.6 is 0 Å². The molecule has 0 aliphatic carbocycles. The van der Waals surface area contributed by atoms with Crippen LogP contribution in [0, 0.1) is 0 Å². The highest BCUT2D eigenvalue weighted by molar-refractivity contribution is 6.06. The quantitative estimate of drug-likeness (QED) is 0.909. The summed E-state index contributed by atoms with van der Waals surface area (Å²) in [6.07, 6.45) is 0.928. The van der Waals surface area contributed by atoms with E-state index < -0.39 is 0 Å². The lowest BCUT2D eigenvalue weighted by atomic mass is 9.99. The van der Waals surface area contributed by atoms with E-state index >= 15 is 0 Å². The van der Waals surface area contributed by atoms with Gasteiger partial charge in [0.1, 0.15) is 5.75 Å². The summed E-state index contributed by atoms with van der Waals surface area (Å²) in [5, 5.41) is 6.35. The molecule has 1 aliphatic heterocycles. The average Bonchev–Trinajstić information content (AvgIpc) is 2.55. The predicted octanol–water partition coefficient (Wildman–Crippen LogP) is 2.59. The molecule has 0 fully saturated rings. The van der Waals surface area contributed by atoms with Crippen molar-refractivity contribution in [2.24, 2.45) is 0 Å². The first-order chi connectivity index (χ1) is 10.3. The Morgan fingerprint density at radius 2 is 2.05 bits per heavy atom. The lowest BCUT2D eigenvalue weighted by molar-refractivity contribution is 0.102. The number of ether oxygens (including phenoxy) is 1. The highest BCUT2D eigenvalue weighted by Crippen LogP contribution is 2.25. The zero-order chi connectivity index (χ0) is 14.7. The summed E-state index contributed by atoms with van der Waals surface area (Å²) >= 11 is 0. The van der Waals surface area contributed by atoms with Crippen molar-refractivity contribution in [3.8, 4) is 5.75 Å². The number of hydrogen-bond donors (Lipinski definition) is 2. The number of carbonyl (C=O) groups is 1. The fourth-order valence-corrected chi connectivity index (χ4v) is 2.67. The molecule has 4 heteroatoms. The molecule has 2 aromatic rings. The van der Waals surface area contributed by atoms with Crippen molar-refractivity contribution in [3.63, 3.8) is 0 Å². The van der Waals surface area contributed by atoms with Crippen LogP contribution in [0.15, 0.2) is 42.5 Å². The first-order valence-electron chi connectivity index (χ1n) is 7.05. The summed E-state index contributed by atoms with van der Waals surface area (Å²) in [6, 6.07) is 13.3. The van der Waals surface area contributed by atoms with Crippen LogP contribution in [-0.4, -0.2) is 19.6 Å². The van der Waals surface area contributed by atoms with Crippen molar-refractivity contribution >= 4 is 11.6 Å². The van der Waals surface area contributed by atoms with Gasteiger partial charge >= 0.3 is 0 Å². The number of anilines is 1. The molecule has 0 spiro atoms. The van der Waals surface area contributed by atoms with E-state index in [1.54, 1.807) is 19.2 Å². The molecule has 1 amide bonds. The van der Waals surface area contributed by atoms with Crippen molar-refractivity contribution < 1.29 is 9.53 Å². The molecule has 1 heterocycles. The van der Waals surface area contributed by atoms with Crippen LogP contribution in [0.5, 0.6) is 5.75 Å². The van der Waals surface area contributed by atoms with E-state index in [4.69, 9.17) is 4.74 Å². The van der Waals surface area contributed by atoms with Gasteiger partial charge in [0, 0.05) is 12.2 Å². The Labute approximate surface area is 124 Å². The zero-order valence-electron chi connectivity index (χ0n) is 12.0. The van der Waals surface area contributed by atoms with Gasteiger partial charge in [-0.25, -0.2) is 0 Å². The molecule has 0 saturated carbocycles. The minimum Gasteiger partial charge on any atom is -0.496 e. The SMILES string of the molecule is COc1ccccc1C(=O)Nc1cccc2c1CCNC2. The predicted molar refractivity (Wildman–Crippen MR) is 82.8 cm³/mol. The number of rotatable bonds is 3. The van der Waals surface area contributed by atoms with Gasteiger partial charge in [0.15, 0.2) is 0 Å². The maximum Gasteiger partial charge on any atom is 0.259 e. The Kier molecular flexibility index (Phi) is 3.88. The van der Waals surface area contributed by atoms with Gasteiger partial charge < -0.3 is 15.4 Å². The van der Waals surface area contributed by atoms with Crippen molar-refractivity contribution in [1.82, 2.24) is 5.32 Å². The largest absolute Gasteiger partial charge is 0.496 e. The first-order valence-corrected chi connectivity index (χ1v) is 7.05. The Balaban J connectivity index is 1.88. The number of para-hydroxylation sites is 1. The van der Waals surface area contributed by atoms with Gasteiger partial charge in [-0.15, -0.1) is 0 Å². The van der Waals surface area contributed by atoms with E-state index in [0.717, 1.165) is 25.2 Å². The molecule has 0 saturated heterocycles. The summed E-state index contributed by atoms with van der Waals surface area (Å²) < 4.78 is 5.25. The third-order valence-electron chi connectivity index (χ3n) is 3.74. The lowest BCUT2D eigenvalue weighted by Gasteiger charge is -2.20. The van der Waals surface area contributed by atoms with Gasteiger partial charge in [0.2, 0.25) is 0 Å². The second-order valence-electron chi connectivity index (χ2n) is 5.02. The summed E-state index contributed by atoms with van der Waals surface area (Å²) in [4.78, 5) is 12.5. The maximum absolute atomic E-state index is 12.5. The smallest absolute Gasteiger partial charge is 0.259 e. The molecule has 4 nitrogen and oxygen atoms in total. The molecule has 2 aromatic carbocycles. The van der Waals surface area contributed by atoms with E-state index in [9.17, 15) is 4.79 Å². The fourth-order valence-electron chi connectivity index (χ4n) is 2.67. The Morgan fingerprint density at radius 3 is 2.90 bits per heavy atom. The van der Waals surface area contributed by atoms with Gasteiger partial charge in [-0.2, -0.15) is 0 Å². The number of methoxy groups -OCH3 is 1. The average molecular weight is 282 g/mol. The lowest BCUT2D eigenvalue weighted by Crippen LogP contribution is -2.25. The van der Waals surface area contributed by atoms with Crippen molar-refractivity contribution in [2.75, 3.05) is 19.0 Å². The molecule has 3 rings (SSSR count). The number of benzene rings is 2. The Hall–Kier alpha value is -2.33. The molecule has 2 N–H and O–H groups in total. The second kappa shape index (κ2) is 5.97. The monoisotopic (exact) mass is 282 g/mol. The Bertz CT molecular complexity index is 668. The molecular formula is C17H18N2O2. The number of nitrogens with one attached hydrogen (secondary N) is 2. The van der Waals surface area contributed by atoms with Crippen molar-refractivity contribution in [1.29, 1.82) is 0 Å². The van der Waals surface area contributed by atoms with Crippen LogP contribution in [0.3, 0.4) is 0 Å². The highest BCUT2D eigenvalue weighted by atomic mass is 16.5. The molecule has 0 aromatic heterocycles.